The molecule has 0 saturated carbocycles. The van der Waals surface area contributed by atoms with Crippen LogP contribution in [0.15, 0.2) is 54.6 Å². The van der Waals surface area contributed by atoms with Crippen molar-refractivity contribution in [2.45, 2.75) is 24.6 Å². The van der Waals surface area contributed by atoms with E-state index in [0.29, 0.717) is 10.6 Å². The summed E-state index contributed by atoms with van der Waals surface area (Å²) >= 11 is 6.32. The normalized spacial score (nSPS) is 25.1. The zero-order chi connectivity index (χ0) is 16.9. The molecule has 0 amide bonds. The van der Waals surface area contributed by atoms with Gasteiger partial charge >= 0.3 is 6.18 Å². The maximum Gasteiger partial charge on any atom is 0.418 e. The Morgan fingerprint density at radius 1 is 1.00 bits per heavy atom. The number of alkyl halides is 3. The molecule has 0 aromatic heterocycles. The van der Waals surface area contributed by atoms with Gasteiger partial charge in [0, 0.05) is 10.9 Å². The van der Waals surface area contributed by atoms with Crippen LogP contribution in [0, 0.1) is 5.92 Å². The molecule has 1 aliphatic carbocycles. The summed E-state index contributed by atoms with van der Waals surface area (Å²) in [7, 11) is 0. The molecule has 5 heteroatoms. The van der Waals surface area contributed by atoms with Crippen molar-refractivity contribution in [1.82, 2.24) is 0 Å². The minimum absolute atomic E-state index is 0.0233. The van der Waals surface area contributed by atoms with Crippen molar-refractivity contribution in [1.29, 1.82) is 0 Å². The highest BCUT2D eigenvalue weighted by molar-refractivity contribution is 6.31. The van der Waals surface area contributed by atoms with Crippen molar-refractivity contribution in [2.75, 3.05) is 5.32 Å². The van der Waals surface area contributed by atoms with Gasteiger partial charge in [-0.15, -0.1) is 0 Å². The van der Waals surface area contributed by atoms with E-state index in [1.165, 1.54) is 6.07 Å². The number of nitrogens with one attached hydrogen (secondary N) is 1. The van der Waals surface area contributed by atoms with E-state index in [1.807, 2.05) is 24.3 Å². The predicted octanol–water partition coefficient (Wildman–Crippen LogP) is 6.19. The molecule has 2 aliphatic rings. The molecule has 0 fully saturated rings. The molecule has 3 atom stereocenters. The molecule has 2 aromatic rings. The van der Waals surface area contributed by atoms with E-state index in [9.17, 15) is 13.2 Å². The number of rotatable bonds is 1. The van der Waals surface area contributed by atoms with Crippen molar-refractivity contribution in [2.24, 2.45) is 5.92 Å². The molecule has 4 rings (SSSR count). The Morgan fingerprint density at radius 3 is 2.50 bits per heavy atom. The molecular formula is C19H15ClF3N. The van der Waals surface area contributed by atoms with Gasteiger partial charge in [0.15, 0.2) is 0 Å². The fraction of sp³-hybridized carbons (Fsp3) is 0.263. The summed E-state index contributed by atoms with van der Waals surface area (Å²) in [5, 5.41) is 3.73. The second kappa shape index (κ2) is 5.55. The molecule has 1 aliphatic heterocycles. The first kappa shape index (κ1) is 15.6. The van der Waals surface area contributed by atoms with Crippen LogP contribution < -0.4 is 5.32 Å². The summed E-state index contributed by atoms with van der Waals surface area (Å²) in [5.41, 5.74) is 1.13. The SMILES string of the molecule is FC(F)(F)c1cccc2c1N[C@H](c1ccccc1Cl)[C@H]1CC=C[C@H]21. The van der Waals surface area contributed by atoms with Gasteiger partial charge in [-0.1, -0.05) is 54.1 Å². The Balaban J connectivity index is 1.87. The first-order chi connectivity index (χ1) is 11.5. The van der Waals surface area contributed by atoms with Gasteiger partial charge in [-0.05, 0) is 35.6 Å². The molecule has 1 nitrogen and oxygen atoms in total. The molecule has 24 heavy (non-hydrogen) atoms. The summed E-state index contributed by atoms with van der Waals surface area (Å²) in [6.45, 7) is 0. The molecule has 2 aromatic carbocycles. The van der Waals surface area contributed by atoms with E-state index in [-0.39, 0.29) is 23.6 Å². The second-order valence-corrected chi connectivity index (χ2v) is 6.67. The second-order valence-electron chi connectivity index (χ2n) is 6.26. The minimum Gasteiger partial charge on any atom is -0.377 e. The Kier molecular flexibility index (Phi) is 3.61. The fourth-order valence-electron chi connectivity index (χ4n) is 3.89. The molecular weight excluding hydrogens is 335 g/mol. The number of anilines is 1. The first-order valence-corrected chi connectivity index (χ1v) is 8.22. The van der Waals surface area contributed by atoms with Gasteiger partial charge in [0.05, 0.1) is 17.3 Å². The predicted molar refractivity (Wildman–Crippen MR) is 89.2 cm³/mol. The molecule has 0 bridgehead atoms. The highest BCUT2D eigenvalue weighted by Gasteiger charge is 2.43. The lowest BCUT2D eigenvalue weighted by Crippen LogP contribution is -2.31. The summed E-state index contributed by atoms with van der Waals surface area (Å²) in [6.07, 6.45) is 0.506. The van der Waals surface area contributed by atoms with Gasteiger partial charge < -0.3 is 5.32 Å². The van der Waals surface area contributed by atoms with Crippen LogP contribution in [0.25, 0.3) is 0 Å². The maximum absolute atomic E-state index is 13.4. The molecule has 124 valence electrons. The minimum atomic E-state index is -4.39. The number of benzene rings is 2. The number of hydrogen-bond acceptors (Lipinski definition) is 1. The van der Waals surface area contributed by atoms with Gasteiger partial charge in [0.1, 0.15) is 0 Å². The third kappa shape index (κ3) is 2.40. The van der Waals surface area contributed by atoms with Crippen molar-refractivity contribution in [3.63, 3.8) is 0 Å². The Bertz CT molecular complexity index is 812. The van der Waals surface area contributed by atoms with Gasteiger partial charge in [0.2, 0.25) is 0 Å². The van der Waals surface area contributed by atoms with E-state index >= 15 is 0 Å². The van der Waals surface area contributed by atoms with Crippen LogP contribution in [-0.4, -0.2) is 0 Å². The number of hydrogen-bond donors (Lipinski definition) is 1. The maximum atomic E-state index is 13.4. The highest BCUT2D eigenvalue weighted by Crippen LogP contribution is 2.53. The molecule has 0 saturated heterocycles. The van der Waals surface area contributed by atoms with Crippen LogP contribution in [0.1, 0.15) is 35.1 Å². The smallest absolute Gasteiger partial charge is 0.377 e. The molecule has 0 spiro atoms. The number of para-hydroxylation sites is 1. The van der Waals surface area contributed by atoms with Crippen molar-refractivity contribution >= 4 is 17.3 Å². The monoisotopic (exact) mass is 349 g/mol. The van der Waals surface area contributed by atoms with Gasteiger partial charge in [-0.2, -0.15) is 13.2 Å². The van der Waals surface area contributed by atoms with Crippen LogP contribution >= 0.6 is 11.6 Å². The molecule has 1 N–H and O–H groups in total. The lowest BCUT2D eigenvalue weighted by molar-refractivity contribution is -0.137. The van der Waals surface area contributed by atoms with Crippen LogP contribution in [0.5, 0.6) is 0 Å². The van der Waals surface area contributed by atoms with Crippen LogP contribution in [0.2, 0.25) is 5.02 Å². The van der Waals surface area contributed by atoms with Crippen LogP contribution in [-0.2, 0) is 6.18 Å². The third-order valence-electron chi connectivity index (χ3n) is 4.94. The summed E-state index contributed by atoms with van der Waals surface area (Å²) in [4.78, 5) is 0. The first-order valence-electron chi connectivity index (χ1n) is 7.84. The number of halogens is 4. The van der Waals surface area contributed by atoms with Crippen molar-refractivity contribution < 1.29 is 13.2 Å². The largest absolute Gasteiger partial charge is 0.418 e. The van der Waals surface area contributed by atoms with Gasteiger partial charge in [-0.3, -0.25) is 0 Å². The number of allylic oxidation sites excluding steroid dienone is 2. The lowest BCUT2D eigenvalue weighted by Gasteiger charge is -2.39. The van der Waals surface area contributed by atoms with Gasteiger partial charge in [0.25, 0.3) is 0 Å². The number of fused-ring (bicyclic) bond motifs is 3. The zero-order valence-corrected chi connectivity index (χ0v) is 13.4. The third-order valence-corrected chi connectivity index (χ3v) is 5.29. The molecule has 0 radical (unpaired) electrons. The Labute approximate surface area is 143 Å². The fourth-order valence-corrected chi connectivity index (χ4v) is 4.15. The zero-order valence-electron chi connectivity index (χ0n) is 12.6. The standard InChI is InChI=1S/C19H15ClF3N/c20-16-10-2-1-5-14(16)17-12-7-3-6-11(12)13-8-4-9-15(18(13)24-17)19(21,22)23/h1-6,8-12,17,24H,7H2/t11-,12-,17-/m0/s1. The van der Waals surface area contributed by atoms with E-state index < -0.39 is 11.7 Å². The van der Waals surface area contributed by atoms with E-state index in [1.54, 1.807) is 12.1 Å². The average Bonchev–Trinajstić information content (AvgIpc) is 3.03. The molecule has 0 unspecified atom stereocenters. The van der Waals surface area contributed by atoms with E-state index in [2.05, 4.69) is 11.4 Å². The lowest BCUT2D eigenvalue weighted by atomic mass is 9.76. The van der Waals surface area contributed by atoms with Gasteiger partial charge in [-0.25, -0.2) is 0 Å². The summed E-state index contributed by atoms with van der Waals surface area (Å²) in [6, 6.07) is 11.5. The van der Waals surface area contributed by atoms with E-state index in [0.717, 1.165) is 18.1 Å². The van der Waals surface area contributed by atoms with Crippen molar-refractivity contribution in [3.8, 4) is 0 Å². The molecule has 1 heterocycles. The quantitative estimate of drug-likeness (QED) is 0.606. The van der Waals surface area contributed by atoms with E-state index in [4.69, 9.17) is 11.6 Å². The van der Waals surface area contributed by atoms with Crippen LogP contribution in [0.3, 0.4) is 0 Å². The van der Waals surface area contributed by atoms with Crippen molar-refractivity contribution in [3.05, 3.63) is 76.3 Å². The Morgan fingerprint density at radius 2 is 1.75 bits per heavy atom. The Hall–Kier alpha value is -1.94. The highest BCUT2D eigenvalue weighted by atomic mass is 35.5. The average molecular weight is 350 g/mol. The van der Waals surface area contributed by atoms with Crippen LogP contribution in [0.4, 0.5) is 18.9 Å². The summed E-state index contributed by atoms with van der Waals surface area (Å²) < 4.78 is 40.3. The summed E-state index contributed by atoms with van der Waals surface area (Å²) in [5.74, 6) is 0.144. The topological polar surface area (TPSA) is 12.0 Å².